The van der Waals surface area contributed by atoms with Gasteiger partial charge in [-0.25, -0.2) is 0 Å². The second kappa shape index (κ2) is 7.88. The van der Waals surface area contributed by atoms with E-state index in [1.165, 1.54) is 63.7 Å². The van der Waals surface area contributed by atoms with Crippen LogP contribution in [0.25, 0.3) is 0 Å². The fourth-order valence-corrected chi connectivity index (χ4v) is 4.71. The minimum Gasteiger partial charge on any atom is -0.336 e. The van der Waals surface area contributed by atoms with Gasteiger partial charge in [0.25, 0.3) is 5.91 Å². The Labute approximate surface area is 151 Å². The van der Waals surface area contributed by atoms with Crippen LogP contribution in [0.1, 0.15) is 54.4 Å². The number of hydrogen-bond donors (Lipinski definition) is 0. The number of piperazine rings is 1. The van der Waals surface area contributed by atoms with E-state index >= 15 is 0 Å². The Morgan fingerprint density at radius 2 is 1.80 bits per heavy atom. The van der Waals surface area contributed by atoms with E-state index in [0.717, 1.165) is 31.7 Å². The van der Waals surface area contributed by atoms with Gasteiger partial charge in [0.1, 0.15) is 0 Å². The third kappa shape index (κ3) is 4.06. The molecule has 25 heavy (non-hydrogen) atoms. The summed E-state index contributed by atoms with van der Waals surface area (Å²) in [6.07, 6.45) is 7.88. The molecule has 0 spiro atoms. The maximum absolute atomic E-state index is 13.0. The Balaban J connectivity index is 1.40. The lowest BCUT2D eigenvalue weighted by atomic mass is 10.1. The van der Waals surface area contributed by atoms with E-state index in [4.69, 9.17) is 0 Å². The fraction of sp³-hybridized carbons (Fsp3) is 0.667. The number of hydrogen-bond acceptors (Lipinski definition) is 3. The highest BCUT2D eigenvalue weighted by atomic mass is 16.2. The van der Waals surface area contributed by atoms with Crippen molar-refractivity contribution in [2.45, 2.75) is 51.1 Å². The Kier molecular flexibility index (Phi) is 5.37. The lowest BCUT2D eigenvalue weighted by molar-refractivity contribution is 0.0571. The van der Waals surface area contributed by atoms with Crippen LogP contribution in [0.4, 0.5) is 0 Å². The first-order valence-electron chi connectivity index (χ1n) is 10.1. The van der Waals surface area contributed by atoms with Gasteiger partial charge in [-0.1, -0.05) is 25.0 Å². The molecule has 3 heterocycles. The molecule has 0 radical (unpaired) electrons. The van der Waals surface area contributed by atoms with Gasteiger partial charge < -0.3 is 4.90 Å². The van der Waals surface area contributed by atoms with Crippen LogP contribution < -0.4 is 0 Å². The van der Waals surface area contributed by atoms with E-state index in [9.17, 15) is 4.79 Å². The zero-order valence-electron chi connectivity index (χ0n) is 15.3. The van der Waals surface area contributed by atoms with Gasteiger partial charge >= 0.3 is 0 Å². The summed E-state index contributed by atoms with van der Waals surface area (Å²) >= 11 is 0. The average molecular weight is 341 g/mol. The number of amides is 1. The number of nitrogens with zero attached hydrogens (tertiary/aromatic N) is 3. The van der Waals surface area contributed by atoms with Crippen molar-refractivity contribution >= 4 is 5.91 Å². The topological polar surface area (TPSA) is 26.8 Å². The van der Waals surface area contributed by atoms with Gasteiger partial charge in [-0.3, -0.25) is 14.6 Å². The summed E-state index contributed by atoms with van der Waals surface area (Å²) in [7, 11) is 0. The highest BCUT2D eigenvalue weighted by molar-refractivity contribution is 5.94. The third-order valence-electron chi connectivity index (χ3n) is 6.15. The first kappa shape index (κ1) is 17.0. The van der Waals surface area contributed by atoms with Gasteiger partial charge in [0.15, 0.2) is 0 Å². The summed E-state index contributed by atoms with van der Waals surface area (Å²) < 4.78 is 0. The largest absolute Gasteiger partial charge is 0.336 e. The number of carbonyl (C=O) groups excluding carboxylic acids is 1. The van der Waals surface area contributed by atoms with Crippen LogP contribution in [-0.4, -0.2) is 65.9 Å². The third-order valence-corrected chi connectivity index (χ3v) is 6.15. The van der Waals surface area contributed by atoms with Gasteiger partial charge in [0.2, 0.25) is 0 Å². The van der Waals surface area contributed by atoms with Gasteiger partial charge in [0.05, 0.1) is 0 Å². The van der Waals surface area contributed by atoms with Gasteiger partial charge in [-0.15, -0.1) is 0 Å². The second-order valence-corrected chi connectivity index (χ2v) is 7.97. The Hall–Kier alpha value is -1.39. The zero-order valence-corrected chi connectivity index (χ0v) is 15.3. The van der Waals surface area contributed by atoms with E-state index in [1.54, 1.807) is 0 Å². The predicted octanol–water partition coefficient (Wildman–Crippen LogP) is 2.98. The fourth-order valence-electron chi connectivity index (χ4n) is 4.71. The van der Waals surface area contributed by atoms with Crippen molar-refractivity contribution in [3.8, 4) is 0 Å². The molecular weight excluding hydrogens is 310 g/mol. The summed E-state index contributed by atoms with van der Waals surface area (Å²) in [6, 6.07) is 8.96. The van der Waals surface area contributed by atoms with E-state index in [1.807, 2.05) is 6.07 Å². The van der Waals surface area contributed by atoms with E-state index in [2.05, 4.69) is 32.9 Å². The molecule has 0 aromatic heterocycles. The smallest absolute Gasteiger partial charge is 0.253 e. The van der Waals surface area contributed by atoms with Crippen molar-refractivity contribution in [2.75, 3.05) is 39.3 Å². The number of carbonyl (C=O) groups is 1. The van der Waals surface area contributed by atoms with Crippen LogP contribution in [0.5, 0.6) is 0 Å². The Bertz CT molecular complexity index is 595. The monoisotopic (exact) mass is 341 g/mol. The number of rotatable bonds is 3. The molecule has 3 saturated heterocycles. The molecule has 136 valence electrons. The minimum absolute atomic E-state index is 0.226. The molecule has 0 saturated carbocycles. The second-order valence-electron chi connectivity index (χ2n) is 7.97. The molecule has 4 nitrogen and oxygen atoms in total. The zero-order chi connectivity index (χ0) is 17.1. The highest BCUT2D eigenvalue weighted by Gasteiger charge is 2.32. The average Bonchev–Trinajstić information content (AvgIpc) is 2.97. The van der Waals surface area contributed by atoms with Crippen LogP contribution in [0.2, 0.25) is 0 Å². The van der Waals surface area contributed by atoms with Crippen LogP contribution in [0.15, 0.2) is 24.3 Å². The minimum atomic E-state index is 0.226. The van der Waals surface area contributed by atoms with Gasteiger partial charge in [-0.05, 0) is 63.0 Å². The normalized spacial score (nSPS) is 25.6. The molecule has 3 aliphatic heterocycles. The number of fused-ring (bicyclic) bond motifs is 1. The summed E-state index contributed by atoms with van der Waals surface area (Å²) in [5.74, 6) is 0.226. The molecule has 1 amide bonds. The summed E-state index contributed by atoms with van der Waals surface area (Å²) in [5.41, 5.74) is 2.16. The first-order valence-corrected chi connectivity index (χ1v) is 10.1. The van der Waals surface area contributed by atoms with Gasteiger partial charge in [-0.2, -0.15) is 0 Å². The molecule has 0 N–H and O–H groups in total. The molecule has 0 unspecified atom stereocenters. The molecule has 4 heteroatoms. The summed E-state index contributed by atoms with van der Waals surface area (Å²) in [6.45, 7) is 7.43. The standard InChI is InChI=1S/C21H31N3O/c25-21(24-14-13-23-12-6-9-20(23)17-24)19-8-5-7-18(15-19)16-22-10-3-1-2-4-11-22/h5,7-8,15,20H,1-4,6,9-14,16-17H2/t20-/m1/s1. The molecule has 0 aliphatic carbocycles. The summed E-state index contributed by atoms with van der Waals surface area (Å²) in [4.78, 5) is 20.2. The van der Waals surface area contributed by atoms with Crippen LogP contribution in [0.3, 0.4) is 0 Å². The molecule has 1 aromatic rings. The molecule has 1 atom stereocenters. The molecule has 3 fully saturated rings. The van der Waals surface area contributed by atoms with Crippen molar-refractivity contribution in [1.82, 2.24) is 14.7 Å². The van der Waals surface area contributed by atoms with E-state index in [0.29, 0.717) is 6.04 Å². The highest BCUT2D eigenvalue weighted by Crippen LogP contribution is 2.23. The quantitative estimate of drug-likeness (QED) is 0.846. The van der Waals surface area contributed by atoms with Gasteiger partial charge in [0, 0.05) is 37.8 Å². The SMILES string of the molecule is O=C(c1cccc(CN2CCCCCC2)c1)N1CCN2CCC[C@@H]2C1. The molecule has 4 rings (SSSR count). The lowest BCUT2D eigenvalue weighted by Crippen LogP contribution is -2.52. The maximum atomic E-state index is 13.0. The molecule has 3 aliphatic rings. The number of likely N-dealkylation sites (tertiary alicyclic amines) is 1. The van der Waals surface area contributed by atoms with Crippen molar-refractivity contribution in [2.24, 2.45) is 0 Å². The van der Waals surface area contributed by atoms with Crippen molar-refractivity contribution < 1.29 is 4.79 Å². The Morgan fingerprint density at radius 1 is 0.960 bits per heavy atom. The van der Waals surface area contributed by atoms with Crippen molar-refractivity contribution in [3.63, 3.8) is 0 Å². The summed E-state index contributed by atoms with van der Waals surface area (Å²) in [5, 5.41) is 0. The lowest BCUT2D eigenvalue weighted by Gasteiger charge is -2.37. The van der Waals surface area contributed by atoms with Crippen LogP contribution >= 0.6 is 0 Å². The predicted molar refractivity (Wildman–Crippen MR) is 101 cm³/mol. The maximum Gasteiger partial charge on any atom is 0.253 e. The molecule has 1 aromatic carbocycles. The van der Waals surface area contributed by atoms with Crippen molar-refractivity contribution in [3.05, 3.63) is 35.4 Å². The van der Waals surface area contributed by atoms with E-state index < -0.39 is 0 Å². The van der Waals surface area contributed by atoms with Crippen LogP contribution in [0, 0.1) is 0 Å². The number of benzene rings is 1. The molecular formula is C21H31N3O. The molecule has 0 bridgehead atoms. The van der Waals surface area contributed by atoms with E-state index in [-0.39, 0.29) is 5.91 Å². The first-order chi connectivity index (χ1) is 12.3. The van der Waals surface area contributed by atoms with Crippen LogP contribution in [-0.2, 0) is 6.54 Å². The van der Waals surface area contributed by atoms with Crippen molar-refractivity contribution in [1.29, 1.82) is 0 Å². The Morgan fingerprint density at radius 3 is 2.64 bits per heavy atom.